The third-order valence-corrected chi connectivity index (χ3v) is 5.34. The molecule has 4 rings (SSSR count). The number of piperidine rings is 1. The van der Waals surface area contributed by atoms with E-state index in [1.54, 1.807) is 4.90 Å². The highest BCUT2D eigenvalue weighted by Gasteiger charge is 2.27. The number of carbonyl (C=O) groups is 1. The van der Waals surface area contributed by atoms with Crippen LogP contribution in [-0.4, -0.2) is 49.2 Å². The van der Waals surface area contributed by atoms with Gasteiger partial charge in [0, 0.05) is 13.1 Å². The van der Waals surface area contributed by atoms with Crippen LogP contribution in [0.2, 0.25) is 0 Å². The summed E-state index contributed by atoms with van der Waals surface area (Å²) in [6.07, 6.45) is 4.50. The molecule has 8 nitrogen and oxygen atoms in total. The number of nitrogens with two attached hydrogens (primary N) is 1. The van der Waals surface area contributed by atoms with Gasteiger partial charge in [-0.05, 0) is 56.7 Å². The van der Waals surface area contributed by atoms with E-state index in [2.05, 4.69) is 28.4 Å². The third-order valence-electron chi connectivity index (χ3n) is 5.34. The van der Waals surface area contributed by atoms with Crippen LogP contribution >= 0.6 is 0 Å². The summed E-state index contributed by atoms with van der Waals surface area (Å²) < 4.78 is 7.84. The highest BCUT2D eigenvalue weighted by atomic mass is 16.5. The highest BCUT2D eigenvalue weighted by Crippen LogP contribution is 2.28. The SMILES string of the molecule is C=CC(=O)N1CCC[C@@H](n2nc(C#CC(C)(C)Oc3ccccc3)c3c(N)ncnc32)C1. The molecule has 0 spiro atoms. The van der Waals surface area contributed by atoms with Gasteiger partial charge in [-0.25, -0.2) is 14.6 Å². The van der Waals surface area contributed by atoms with Crippen LogP contribution in [0.3, 0.4) is 0 Å². The van der Waals surface area contributed by atoms with Crippen LogP contribution in [0.25, 0.3) is 11.0 Å². The van der Waals surface area contributed by atoms with Gasteiger partial charge in [0.1, 0.15) is 23.6 Å². The first-order chi connectivity index (χ1) is 15.4. The Morgan fingerprint density at radius 3 is 2.84 bits per heavy atom. The quantitative estimate of drug-likeness (QED) is 0.505. The van der Waals surface area contributed by atoms with Gasteiger partial charge < -0.3 is 15.4 Å². The minimum Gasteiger partial charge on any atom is -0.475 e. The molecule has 0 aliphatic carbocycles. The molecule has 0 radical (unpaired) electrons. The number of ether oxygens (including phenoxy) is 1. The van der Waals surface area contributed by atoms with Crippen molar-refractivity contribution in [1.82, 2.24) is 24.6 Å². The van der Waals surface area contributed by atoms with E-state index in [0.29, 0.717) is 35.6 Å². The predicted octanol–water partition coefficient (Wildman–Crippen LogP) is 2.97. The van der Waals surface area contributed by atoms with Crippen LogP contribution in [-0.2, 0) is 4.79 Å². The largest absolute Gasteiger partial charge is 0.475 e. The molecular formula is C24H26N6O2. The first-order valence-corrected chi connectivity index (χ1v) is 10.6. The molecule has 3 heterocycles. The number of aromatic nitrogens is 4. The van der Waals surface area contributed by atoms with Gasteiger partial charge in [-0.2, -0.15) is 5.10 Å². The van der Waals surface area contributed by atoms with Crippen LogP contribution in [0.4, 0.5) is 5.82 Å². The van der Waals surface area contributed by atoms with Crippen LogP contribution in [0, 0.1) is 11.8 Å². The second-order valence-corrected chi connectivity index (χ2v) is 8.21. The number of para-hydroxylation sites is 1. The Hall–Kier alpha value is -3.86. The first-order valence-electron chi connectivity index (χ1n) is 10.6. The Morgan fingerprint density at radius 1 is 1.31 bits per heavy atom. The van der Waals surface area contributed by atoms with Gasteiger partial charge in [-0.15, -0.1) is 0 Å². The fraction of sp³-hybridized carbons (Fsp3) is 0.333. The lowest BCUT2D eigenvalue weighted by atomic mass is 10.1. The summed E-state index contributed by atoms with van der Waals surface area (Å²) in [7, 11) is 0. The van der Waals surface area contributed by atoms with E-state index < -0.39 is 5.60 Å². The molecule has 1 atom stereocenters. The van der Waals surface area contributed by atoms with Crippen molar-refractivity contribution in [3.63, 3.8) is 0 Å². The topological polar surface area (TPSA) is 99.2 Å². The van der Waals surface area contributed by atoms with Crippen molar-refractivity contribution in [2.75, 3.05) is 18.8 Å². The number of fused-ring (bicyclic) bond motifs is 1. The zero-order valence-corrected chi connectivity index (χ0v) is 18.3. The maximum absolute atomic E-state index is 12.1. The van der Waals surface area contributed by atoms with Gasteiger partial charge in [-0.3, -0.25) is 4.79 Å². The van der Waals surface area contributed by atoms with Crippen LogP contribution in [0.15, 0.2) is 49.3 Å². The summed E-state index contributed by atoms with van der Waals surface area (Å²) in [5, 5.41) is 5.36. The van der Waals surface area contributed by atoms with E-state index in [9.17, 15) is 4.79 Å². The number of nitrogens with zero attached hydrogens (tertiary/aromatic N) is 5. The number of likely N-dealkylation sites (tertiary alicyclic amines) is 1. The lowest BCUT2D eigenvalue weighted by Gasteiger charge is -2.32. The molecule has 0 unspecified atom stereocenters. The first kappa shape index (κ1) is 21.4. The van der Waals surface area contributed by atoms with E-state index in [-0.39, 0.29) is 11.9 Å². The number of anilines is 1. The third kappa shape index (κ3) is 4.42. The number of nitrogen functional groups attached to an aromatic ring is 1. The Balaban J connectivity index is 1.69. The molecule has 3 aromatic rings. The number of hydrogen-bond acceptors (Lipinski definition) is 6. The van der Waals surface area contributed by atoms with Gasteiger partial charge in [0.15, 0.2) is 11.2 Å². The van der Waals surface area contributed by atoms with Crippen molar-refractivity contribution < 1.29 is 9.53 Å². The van der Waals surface area contributed by atoms with E-state index in [4.69, 9.17) is 15.6 Å². The minimum atomic E-state index is -0.750. The number of rotatable bonds is 4. The van der Waals surface area contributed by atoms with Crippen LogP contribution in [0.1, 0.15) is 38.4 Å². The van der Waals surface area contributed by atoms with E-state index in [0.717, 1.165) is 18.6 Å². The smallest absolute Gasteiger partial charge is 0.246 e. The molecule has 1 fully saturated rings. The molecule has 0 bridgehead atoms. The van der Waals surface area contributed by atoms with Gasteiger partial charge in [0.25, 0.3) is 0 Å². The Labute approximate surface area is 187 Å². The summed E-state index contributed by atoms with van der Waals surface area (Å²) in [6.45, 7) is 8.62. The molecule has 32 heavy (non-hydrogen) atoms. The van der Waals surface area contributed by atoms with E-state index in [1.807, 2.05) is 48.9 Å². The molecule has 1 aromatic carbocycles. The van der Waals surface area contributed by atoms with E-state index in [1.165, 1.54) is 12.4 Å². The average molecular weight is 431 g/mol. The minimum absolute atomic E-state index is 0.0337. The second kappa shape index (κ2) is 8.71. The second-order valence-electron chi connectivity index (χ2n) is 8.21. The summed E-state index contributed by atoms with van der Waals surface area (Å²) in [6, 6.07) is 9.50. The number of hydrogen-bond donors (Lipinski definition) is 1. The Morgan fingerprint density at radius 2 is 2.09 bits per heavy atom. The zero-order valence-electron chi connectivity index (χ0n) is 18.3. The van der Waals surface area contributed by atoms with Crippen molar-refractivity contribution in [2.24, 2.45) is 0 Å². The molecule has 1 aliphatic heterocycles. The molecular weight excluding hydrogens is 404 g/mol. The summed E-state index contributed by atoms with van der Waals surface area (Å²) in [5.74, 6) is 7.26. The average Bonchev–Trinajstić information content (AvgIpc) is 3.18. The fourth-order valence-electron chi connectivity index (χ4n) is 3.84. The molecule has 1 aliphatic rings. The molecule has 164 valence electrons. The number of benzene rings is 1. The van der Waals surface area contributed by atoms with Crippen molar-refractivity contribution in [3.8, 4) is 17.6 Å². The molecule has 8 heteroatoms. The van der Waals surface area contributed by atoms with Gasteiger partial charge >= 0.3 is 0 Å². The molecule has 0 saturated carbocycles. The van der Waals surface area contributed by atoms with Crippen molar-refractivity contribution in [2.45, 2.75) is 38.3 Å². The number of amides is 1. The van der Waals surface area contributed by atoms with Crippen molar-refractivity contribution in [3.05, 3.63) is 55.0 Å². The molecule has 1 amide bonds. The van der Waals surface area contributed by atoms with Crippen LogP contribution < -0.4 is 10.5 Å². The standard InChI is InChI=1S/C24H26N6O2/c1-4-20(31)29-14-8-9-17(15-29)30-23-21(22(25)26-16-27-23)19(28-30)12-13-24(2,3)32-18-10-6-5-7-11-18/h4-7,10-11,16-17H,1,8-9,14-15H2,2-3H3,(H2,25,26,27)/t17-/m1/s1. The lowest BCUT2D eigenvalue weighted by Crippen LogP contribution is -2.40. The maximum atomic E-state index is 12.1. The fourth-order valence-corrected chi connectivity index (χ4v) is 3.84. The van der Waals surface area contributed by atoms with Gasteiger partial charge in [0.05, 0.1) is 11.4 Å². The van der Waals surface area contributed by atoms with E-state index >= 15 is 0 Å². The molecule has 2 N–H and O–H groups in total. The monoisotopic (exact) mass is 430 g/mol. The molecule has 2 aromatic heterocycles. The van der Waals surface area contributed by atoms with Gasteiger partial charge in [0.2, 0.25) is 5.91 Å². The number of carbonyl (C=O) groups excluding carboxylic acids is 1. The normalized spacial score (nSPS) is 16.3. The highest BCUT2D eigenvalue weighted by molar-refractivity contribution is 5.90. The van der Waals surface area contributed by atoms with Crippen molar-refractivity contribution >= 4 is 22.8 Å². The Bertz CT molecular complexity index is 1210. The van der Waals surface area contributed by atoms with Crippen molar-refractivity contribution in [1.29, 1.82) is 0 Å². The summed E-state index contributed by atoms with van der Waals surface area (Å²) >= 11 is 0. The zero-order chi connectivity index (χ0) is 22.7. The predicted molar refractivity (Wildman–Crippen MR) is 123 cm³/mol. The maximum Gasteiger partial charge on any atom is 0.246 e. The summed E-state index contributed by atoms with van der Waals surface area (Å²) in [5.41, 5.74) is 6.54. The summed E-state index contributed by atoms with van der Waals surface area (Å²) in [4.78, 5) is 22.5. The van der Waals surface area contributed by atoms with Gasteiger partial charge in [-0.1, -0.05) is 24.8 Å². The lowest BCUT2D eigenvalue weighted by molar-refractivity contribution is -0.127. The van der Waals surface area contributed by atoms with Crippen LogP contribution in [0.5, 0.6) is 5.75 Å². The molecule has 1 saturated heterocycles. The Kier molecular flexibility index (Phi) is 5.82.